The van der Waals surface area contributed by atoms with Gasteiger partial charge in [-0.1, -0.05) is 67.3 Å². The summed E-state index contributed by atoms with van der Waals surface area (Å²) in [5.74, 6) is 1.19. The number of halogens is 1. The maximum atomic E-state index is 4.59. The molecule has 0 bridgehead atoms. The van der Waals surface area contributed by atoms with Crippen molar-refractivity contribution in [1.82, 2.24) is 0 Å². The predicted molar refractivity (Wildman–Crippen MR) is 98.7 cm³/mol. The van der Waals surface area contributed by atoms with Crippen LogP contribution in [-0.2, 0) is 27.7 Å². The van der Waals surface area contributed by atoms with Crippen molar-refractivity contribution >= 4 is 27.8 Å². The van der Waals surface area contributed by atoms with Crippen molar-refractivity contribution in [3.63, 3.8) is 0 Å². The second kappa shape index (κ2) is 8.62. The minimum atomic E-state index is 0. The van der Waals surface area contributed by atoms with E-state index in [0.29, 0.717) is 0 Å². The van der Waals surface area contributed by atoms with E-state index in [2.05, 4.69) is 78.3 Å². The number of hydrogen-bond donors (Lipinski definition) is 0. The molecule has 118 valence electrons. The van der Waals surface area contributed by atoms with Gasteiger partial charge in [-0.15, -0.1) is 0 Å². The number of benzene rings is 3. The maximum absolute atomic E-state index is 4.59. The van der Waals surface area contributed by atoms with Crippen LogP contribution in [0.15, 0.2) is 89.2 Å². The molecule has 0 aromatic heterocycles. The molecular formula is C22H16ClHgN. The summed E-state index contributed by atoms with van der Waals surface area (Å²) >= 11 is 0. The molecule has 1 aliphatic rings. The summed E-state index contributed by atoms with van der Waals surface area (Å²) in [5.41, 5.74) is 5.18. The fraction of sp³-hybridized carbons (Fsp3) is 0.0455. The Balaban J connectivity index is 0.00000113. The van der Waals surface area contributed by atoms with Crippen LogP contribution in [0, 0.1) is 5.92 Å². The van der Waals surface area contributed by atoms with Gasteiger partial charge in [0.2, 0.25) is 0 Å². The molecule has 3 aromatic rings. The second-order valence-corrected chi connectivity index (χ2v) is 5.74. The molecule has 1 nitrogen and oxygen atoms in total. The molecule has 4 rings (SSSR count). The Labute approximate surface area is 174 Å². The topological polar surface area (TPSA) is 12.4 Å². The van der Waals surface area contributed by atoms with E-state index in [0.717, 1.165) is 11.3 Å². The largest absolute Gasteiger partial charge is 1.00 e. The molecule has 0 fully saturated rings. The van der Waals surface area contributed by atoms with Gasteiger partial charge in [0.05, 0.1) is 0 Å². The third-order valence-electron chi connectivity index (χ3n) is 4.09. The molecule has 0 N–H and O–H groups in total. The molecule has 0 heterocycles. The van der Waals surface area contributed by atoms with Crippen molar-refractivity contribution in [2.24, 2.45) is 4.99 Å². The van der Waals surface area contributed by atoms with Gasteiger partial charge in [0.15, 0.2) is 0 Å². The van der Waals surface area contributed by atoms with Crippen LogP contribution in [0.1, 0.15) is 12.5 Å². The molecule has 0 amide bonds. The average Bonchev–Trinajstić information content (AvgIpc) is 2.61. The van der Waals surface area contributed by atoms with Crippen LogP contribution < -0.4 is 12.4 Å². The Morgan fingerprint density at radius 3 is 2.28 bits per heavy atom. The number of aliphatic imine (C=N–C) groups is 1. The van der Waals surface area contributed by atoms with Gasteiger partial charge in [-0.2, -0.15) is 0 Å². The molecule has 2 radical (unpaired) electrons. The number of allylic oxidation sites excluding steroid dienone is 2. The van der Waals surface area contributed by atoms with Crippen molar-refractivity contribution in [2.45, 2.75) is 6.92 Å². The van der Waals surface area contributed by atoms with Gasteiger partial charge in [-0.3, -0.25) is 0 Å². The predicted octanol–water partition coefficient (Wildman–Crippen LogP) is 2.62. The summed E-state index contributed by atoms with van der Waals surface area (Å²) in [4.78, 5) is 4.59. The first-order valence-corrected chi connectivity index (χ1v) is 7.74. The minimum Gasteiger partial charge on any atom is -1.00 e. The molecule has 0 aliphatic heterocycles. The van der Waals surface area contributed by atoms with E-state index < -0.39 is 0 Å². The quantitative estimate of drug-likeness (QED) is 0.209. The molecular weight excluding hydrogens is 514 g/mol. The van der Waals surface area contributed by atoms with Crippen LogP contribution in [0.25, 0.3) is 21.5 Å². The fourth-order valence-corrected chi connectivity index (χ4v) is 2.90. The van der Waals surface area contributed by atoms with Crippen LogP contribution in [-0.4, -0.2) is 6.21 Å². The molecule has 3 heteroatoms. The zero-order valence-electron chi connectivity index (χ0n) is 14.0. The molecule has 0 unspecified atom stereocenters. The summed E-state index contributed by atoms with van der Waals surface area (Å²) in [6.45, 7) is 2.06. The zero-order chi connectivity index (χ0) is 15.6. The normalized spacial score (nSPS) is 13.7. The van der Waals surface area contributed by atoms with E-state index in [1.54, 1.807) is 0 Å². The van der Waals surface area contributed by atoms with Gasteiger partial charge in [-0.25, -0.2) is 4.99 Å². The van der Waals surface area contributed by atoms with Gasteiger partial charge in [0, 0.05) is 17.7 Å². The SMILES string of the molecule is C[C]1C=C=C(N=Cc2cc3ccccc3c3ccccc23)C=C1.[Cl-].[Hg+]. The van der Waals surface area contributed by atoms with Gasteiger partial charge in [0.1, 0.15) is 5.70 Å². The fourth-order valence-electron chi connectivity index (χ4n) is 2.90. The number of hydrogen-bond acceptors (Lipinski definition) is 1. The van der Waals surface area contributed by atoms with Gasteiger partial charge in [-0.05, 0) is 39.8 Å². The Morgan fingerprint density at radius 1 is 0.880 bits per heavy atom. The smallest absolute Gasteiger partial charge is 1.00 e. The number of rotatable bonds is 2. The van der Waals surface area contributed by atoms with Gasteiger partial charge in [0.25, 0.3) is 0 Å². The van der Waals surface area contributed by atoms with Crippen LogP contribution >= 0.6 is 0 Å². The number of fused-ring (bicyclic) bond motifs is 3. The van der Waals surface area contributed by atoms with Gasteiger partial charge >= 0.3 is 27.7 Å². The first-order valence-electron chi connectivity index (χ1n) is 7.74. The molecule has 0 saturated heterocycles. The van der Waals surface area contributed by atoms with Crippen LogP contribution in [0.4, 0.5) is 0 Å². The Kier molecular flexibility index (Phi) is 6.78. The van der Waals surface area contributed by atoms with E-state index in [-0.39, 0.29) is 40.1 Å². The van der Waals surface area contributed by atoms with E-state index in [9.17, 15) is 0 Å². The first-order chi connectivity index (χ1) is 11.3. The number of nitrogens with zero attached hydrogens (tertiary/aromatic N) is 1. The molecule has 3 aromatic carbocycles. The van der Waals surface area contributed by atoms with Crippen LogP contribution in [0.2, 0.25) is 0 Å². The monoisotopic (exact) mass is 531 g/mol. The Bertz CT molecular complexity index is 1030. The molecule has 0 atom stereocenters. The zero-order valence-corrected chi connectivity index (χ0v) is 20.3. The van der Waals surface area contributed by atoms with E-state index in [1.807, 2.05) is 18.4 Å². The average molecular weight is 530 g/mol. The van der Waals surface area contributed by atoms with Crippen LogP contribution in [0.3, 0.4) is 0 Å². The summed E-state index contributed by atoms with van der Waals surface area (Å²) in [7, 11) is 0. The molecule has 0 spiro atoms. The van der Waals surface area contributed by atoms with E-state index in [1.165, 1.54) is 27.5 Å². The van der Waals surface area contributed by atoms with Gasteiger partial charge < -0.3 is 12.4 Å². The van der Waals surface area contributed by atoms with Crippen molar-refractivity contribution < 1.29 is 40.1 Å². The maximum Gasteiger partial charge on any atom is 1.00 e. The third-order valence-corrected chi connectivity index (χ3v) is 4.09. The van der Waals surface area contributed by atoms with Crippen LogP contribution in [0.5, 0.6) is 0 Å². The summed E-state index contributed by atoms with van der Waals surface area (Å²) in [6, 6.07) is 19.2. The second-order valence-electron chi connectivity index (χ2n) is 5.74. The minimum absolute atomic E-state index is 0. The van der Waals surface area contributed by atoms with Crippen molar-refractivity contribution in [3.8, 4) is 0 Å². The third kappa shape index (κ3) is 4.12. The summed E-state index contributed by atoms with van der Waals surface area (Å²) in [6.07, 6.45) is 7.96. The standard InChI is InChI=1S/C22H16N.ClH.Hg/c1-16-10-12-19(13-11-16)23-15-18-14-17-6-2-3-7-20(17)22-9-5-4-8-21(18)22;;/h2-12,14-15H,1H3;1H;/q;;+1/p-1. The van der Waals surface area contributed by atoms with E-state index >= 15 is 0 Å². The Morgan fingerprint density at radius 2 is 1.56 bits per heavy atom. The summed E-state index contributed by atoms with van der Waals surface area (Å²) in [5, 5.41) is 5.00. The molecule has 25 heavy (non-hydrogen) atoms. The van der Waals surface area contributed by atoms with E-state index in [4.69, 9.17) is 0 Å². The van der Waals surface area contributed by atoms with Crippen molar-refractivity contribution in [3.05, 3.63) is 95.7 Å². The van der Waals surface area contributed by atoms with Crippen molar-refractivity contribution in [2.75, 3.05) is 0 Å². The Hall–Kier alpha value is -1.66. The molecule has 0 saturated carbocycles. The summed E-state index contributed by atoms with van der Waals surface area (Å²) < 4.78 is 0. The van der Waals surface area contributed by atoms with Crippen molar-refractivity contribution in [1.29, 1.82) is 0 Å². The first kappa shape index (κ1) is 19.7. The molecule has 1 aliphatic carbocycles.